The SMILES string of the molecule is CCc1ccc(-c2cccc3[cH-]c(CC4(CC)CCCCCC4)cc23)cc1.CCc1ccc(-c2cccc3[cH-]c(CC4(CC)CCCCCC4)cc23)cc1.Cl.Cl.[CH3-].[CH3-].[Si]=[Zr]. The van der Waals surface area contributed by atoms with Gasteiger partial charge in [0.25, 0.3) is 0 Å². The minimum atomic E-state index is 0. The van der Waals surface area contributed by atoms with Gasteiger partial charge in [-0.2, -0.15) is 12.1 Å². The average Bonchev–Trinajstić information content (AvgIpc) is 3.68. The van der Waals surface area contributed by atoms with E-state index in [9.17, 15) is 0 Å². The predicted octanol–water partition coefficient (Wildman–Crippen LogP) is 17.5. The van der Waals surface area contributed by atoms with E-state index in [1.807, 2.05) is 0 Å². The molecule has 0 bridgehead atoms. The van der Waals surface area contributed by atoms with E-state index in [-0.39, 0.29) is 39.7 Å². The van der Waals surface area contributed by atoms with E-state index in [4.69, 9.17) is 0 Å². The van der Waals surface area contributed by atoms with Crippen LogP contribution in [-0.4, -0.2) is 6.88 Å². The summed E-state index contributed by atoms with van der Waals surface area (Å²) < 4.78 is 0. The Labute approximate surface area is 396 Å². The summed E-state index contributed by atoms with van der Waals surface area (Å²) in [4.78, 5) is 0. The van der Waals surface area contributed by atoms with Crippen molar-refractivity contribution in [3.8, 4) is 22.3 Å². The van der Waals surface area contributed by atoms with Crippen molar-refractivity contribution in [3.05, 3.63) is 146 Å². The van der Waals surface area contributed by atoms with E-state index in [0.29, 0.717) is 10.8 Å². The summed E-state index contributed by atoms with van der Waals surface area (Å²) >= 11 is 1.36. The minimum absolute atomic E-state index is 0. The van der Waals surface area contributed by atoms with Gasteiger partial charge in [0.05, 0.1) is 0 Å². The molecule has 0 heterocycles. The summed E-state index contributed by atoms with van der Waals surface area (Å²) in [6, 6.07) is 41.7. The van der Waals surface area contributed by atoms with Crippen LogP contribution in [-0.2, 0) is 49.0 Å². The summed E-state index contributed by atoms with van der Waals surface area (Å²) in [6.07, 6.45) is 24.4. The van der Waals surface area contributed by atoms with Gasteiger partial charge in [0.2, 0.25) is 0 Å². The van der Waals surface area contributed by atoms with Crippen LogP contribution < -0.4 is 0 Å². The van der Waals surface area contributed by atoms with E-state index in [2.05, 4.69) is 144 Å². The third-order valence-corrected chi connectivity index (χ3v) is 14.0. The molecular formula is C56H74Cl2SiZr-4. The molecule has 0 saturated heterocycles. The van der Waals surface area contributed by atoms with Crippen LogP contribution in [0, 0.1) is 25.7 Å². The fourth-order valence-electron chi connectivity index (χ4n) is 10.3. The first-order valence-electron chi connectivity index (χ1n) is 22.3. The topological polar surface area (TPSA) is 0 Å². The standard InChI is InChI=1S/2C27H33.2CH3.2ClH.Si.Zr/c2*1-3-21-12-14-23(15-13-21)25-11-9-10-24-18-22(19-26(24)25)20-27(4-2)16-7-5-6-8-17-27;;;;;;/h2*9-15,18-19H,3-8,16-17,20H2,1-2H3;2*1H3;2*1H;;/q4*-1;;;;. The van der Waals surface area contributed by atoms with Gasteiger partial charge in [0.15, 0.2) is 0 Å². The Morgan fingerprint density at radius 1 is 0.483 bits per heavy atom. The summed E-state index contributed by atoms with van der Waals surface area (Å²) in [6.45, 7) is 12.3. The molecule has 60 heavy (non-hydrogen) atoms. The first-order valence-corrected chi connectivity index (χ1v) is 26.4. The molecule has 0 nitrogen and oxygen atoms in total. The third-order valence-electron chi connectivity index (χ3n) is 14.0. The quantitative estimate of drug-likeness (QED) is 0.0729. The van der Waals surface area contributed by atoms with Crippen molar-refractivity contribution in [2.75, 3.05) is 0 Å². The van der Waals surface area contributed by atoms with Crippen molar-refractivity contribution >= 4 is 53.2 Å². The van der Waals surface area contributed by atoms with Gasteiger partial charge in [0.1, 0.15) is 0 Å². The molecule has 324 valence electrons. The number of fused-ring (bicyclic) bond motifs is 2. The molecular weight excluding hydrogens is 863 g/mol. The Hall–Kier alpha value is -2.22. The normalized spacial score (nSPS) is 15.4. The van der Waals surface area contributed by atoms with Gasteiger partial charge in [-0.25, -0.2) is 0 Å². The van der Waals surface area contributed by atoms with Gasteiger partial charge in [-0.15, -0.1) is 93.9 Å². The van der Waals surface area contributed by atoms with Gasteiger partial charge >= 0.3 is 30.2 Å². The fourth-order valence-corrected chi connectivity index (χ4v) is 10.3. The van der Waals surface area contributed by atoms with Crippen LogP contribution in [0.15, 0.2) is 109 Å². The van der Waals surface area contributed by atoms with Crippen molar-refractivity contribution < 1.29 is 23.3 Å². The molecule has 8 rings (SSSR count). The van der Waals surface area contributed by atoms with E-state index >= 15 is 0 Å². The second-order valence-electron chi connectivity index (χ2n) is 17.3. The molecule has 0 aliphatic heterocycles. The van der Waals surface area contributed by atoms with Crippen molar-refractivity contribution in [1.82, 2.24) is 0 Å². The van der Waals surface area contributed by atoms with Crippen molar-refractivity contribution in [3.63, 3.8) is 0 Å². The average molecular weight is 937 g/mol. The molecule has 0 N–H and O–H groups in total. The first-order chi connectivity index (χ1) is 27.5. The summed E-state index contributed by atoms with van der Waals surface area (Å²) in [5.74, 6) is 0. The maximum absolute atomic E-state index is 3.06. The van der Waals surface area contributed by atoms with E-state index < -0.39 is 0 Å². The van der Waals surface area contributed by atoms with Gasteiger partial charge in [-0.1, -0.05) is 164 Å². The zero-order valence-corrected chi connectivity index (χ0v) is 43.0. The molecule has 2 aliphatic carbocycles. The van der Waals surface area contributed by atoms with E-state index in [1.165, 1.54) is 181 Å². The van der Waals surface area contributed by atoms with Crippen molar-refractivity contribution in [2.45, 2.75) is 143 Å². The number of hydrogen-bond acceptors (Lipinski definition) is 0. The molecule has 0 atom stereocenters. The Morgan fingerprint density at radius 2 is 0.817 bits per heavy atom. The Kier molecular flexibility index (Phi) is 23.7. The number of aryl methyl sites for hydroxylation is 2. The van der Waals surface area contributed by atoms with Crippen molar-refractivity contribution in [2.24, 2.45) is 10.8 Å². The molecule has 0 unspecified atom stereocenters. The Balaban J connectivity index is 0.000000373. The molecule has 2 fully saturated rings. The number of halogens is 2. The van der Waals surface area contributed by atoms with Gasteiger partial charge in [-0.05, 0) is 84.5 Å². The van der Waals surface area contributed by atoms with Crippen LogP contribution in [0.5, 0.6) is 0 Å². The molecule has 2 radical (unpaired) electrons. The molecule has 6 aromatic carbocycles. The van der Waals surface area contributed by atoms with Crippen LogP contribution >= 0.6 is 24.8 Å². The fraction of sp³-hybridized carbons (Fsp3) is 0.429. The van der Waals surface area contributed by atoms with Gasteiger partial charge in [0, 0.05) is 0 Å². The number of rotatable bonds is 10. The van der Waals surface area contributed by atoms with Crippen LogP contribution in [0.4, 0.5) is 0 Å². The van der Waals surface area contributed by atoms with Crippen LogP contribution in [0.25, 0.3) is 43.8 Å². The molecule has 0 amide bonds. The van der Waals surface area contributed by atoms with Crippen LogP contribution in [0.1, 0.15) is 140 Å². The second kappa shape index (κ2) is 26.4. The zero-order valence-electron chi connectivity index (χ0n) is 37.9. The maximum atomic E-state index is 3.06. The molecule has 2 aliphatic rings. The molecule has 4 heteroatoms. The predicted molar refractivity (Wildman–Crippen MR) is 270 cm³/mol. The molecule has 2 saturated carbocycles. The summed E-state index contributed by atoms with van der Waals surface area (Å²) in [7, 11) is 0. The second-order valence-corrected chi connectivity index (χ2v) is 17.3. The monoisotopic (exact) mass is 934 g/mol. The molecule has 0 spiro atoms. The summed E-state index contributed by atoms with van der Waals surface area (Å²) in [5.41, 5.74) is 12.4. The number of hydrogen-bond donors (Lipinski definition) is 0. The Bertz CT molecular complexity index is 1940. The van der Waals surface area contributed by atoms with Gasteiger partial charge < -0.3 is 14.9 Å². The summed E-state index contributed by atoms with van der Waals surface area (Å²) in [5, 5.41) is 5.66. The van der Waals surface area contributed by atoms with Crippen molar-refractivity contribution in [1.29, 1.82) is 0 Å². The van der Waals surface area contributed by atoms with Crippen LogP contribution in [0.3, 0.4) is 0 Å². The number of benzene rings is 4. The van der Waals surface area contributed by atoms with E-state index in [1.54, 1.807) is 11.1 Å². The van der Waals surface area contributed by atoms with Crippen LogP contribution in [0.2, 0.25) is 0 Å². The molecule has 6 aromatic rings. The zero-order chi connectivity index (χ0) is 39.4. The first kappa shape index (κ1) is 53.9. The Morgan fingerprint density at radius 3 is 1.12 bits per heavy atom. The third kappa shape index (κ3) is 13.4. The van der Waals surface area contributed by atoms with Gasteiger partial charge in [-0.3, -0.25) is 0 Å². The van der Waals surface area contributed by atoms with E-state index in [0.717, 1.165) is 12.8 Å². The molecule has 0 aromatic heterocycles.